The van der Waals surface area contributed by atoms with E-state index < -0.39 is 0 Å². The largest absolute Gasteiger partial charge is 0.392 e. The van der Waals surface area contributed by atoms with Gasteiger partial charge in [0.25, 0.3) is 0 Å². The maximum absolute atomic E-state index is 11.3. The number of likely N-dealkylation sites (N-methyl/N-ethyl adjacent to an activating group) is 1. The number of carbonyl (C=O) groups excluding carboxylic acids is 1. The summed E-state index contributed by atoms with van der Waals surface area (Å²) in [6, 6.07) is 0. The normalized spacial score (nSPS) is 25.5. The highest BCUT2D eigenvalue weighted by Crippen LogP contribution is 2.21. The molecule has 2 atom stereocenters. The van der Waals surface area contributed by atoms with Gasteiger partial charge in [0.05, 0.1) is 6.10 Å². The Morgan fingerprint density at radius 1 is 1.69 bits per heavy atom. The van der Waals surface area contributed by atoms with Crippen LogP contribution in [0.3, 0.4) is 0 Å². The third-order valence-corrected chi connectivity index (χ3v) is 2.54. The Bertz CT molecular complexity index is 180. The zero-order chi connectivity index (χ0) is 9.84. The summed E-state index contributed by atoms with van der Waals surface area (Å²) in [7, 11) is 1.96. The Balaban J connectivity index is 2.27. The minimum Gasteiger partial charge on any atom is -0.392 e. The van der Waals surface area contributed by atoms with Crippen LogP contribution in [0.4, 0.5) is 0 Å². The van der Waals surface area contributed by atoms with Crippen LogP contribution in [0, 0.1) is 5.92 Å². The van der Waals surface area contributed by atoms with Gasteiger partial charge in [0.1, 0.15) is 5.78 Å². The van der Waals surface area contributed by atoms with E-state index in [0.29, 0.717) is 12.3 Å². The van der Waals surface area contributed by atoms with Crippen molar-refractivity contribution in [1.82, 2.24) is 4.90 Å². The quantitative estimate of drug-likeness (QED) is 0.699. The highest BCUT2D eigenvalue weighted by atomic mass is 16.3. The molecular weight excluding hydrogens is 166 g/mol. The van der Waals surface area contributed by atoms with E-state index in [0.717, 1.165) is 25.8 Å². The fourth-order valence-corrected chi connectivity index (χ4v) is 1.98. The van der Waals surface area contributed by atoms with Gasteiger partial charge in [-0.05, 0) is 26.8 Å². The molecule has 0 amide bonds. The molecule has 1 N–H and O–H groups in total. The monoisotopic (exact) mass is 185 g/mol. The summed E-state index contributed by atoms with van der Waals surface area (Å²) in [6.07, 6.45) is 2.53. The third-order valence-electron chi connectivity index (χ3n) is 2.54. The second-order valence-electron chi connectivity index (χ2n) is 4.13. The molecule has 0 heterocycles. The topological polar surface area (TPSA) is 40.5 Å². The number of Topliss-reactive ketones (excluding diaryl/α,β-unsaturated/α-hetero) is 1. The molecule has 3 nitrogen and oxygen atoms in total. The van der Waals surface area contributed by atoms with Crippen molar-refractivity contribution in [3.05, 3.63) is 0 Å². The number of hydrogen-bond acceptors (Lipinski definition) is 3. The van der Waals surface area contributed by atoms with Crippen molar-refractivity contribution in [3.63, 3.8) is 0 Å². The van der Waals surface area contributed by atoms with E-state index in [2.05, 4.69) is 0 Å². The lowest BCUT2D eigenvalue weighted by Gasteiger charge is -2.21. The van der Waals surface area contributed by atoms with Gasteiger partial charge in [-0.3, -0.25) is 4.79 Å². The van der Waals surface area contributed by atoms with Crippen LogP contribution in [0.25, 0.3) is 0 Å². The van der Waals surface area contributed by atoms with Gasteiger partial charge in [-0.2, -0.15) is 0 Å². The molecule has 13 heavy (non-hydrogen) atoms. The van der Waals surface area contributed by atoms with E-state index in [4.69, 9.17) is 5.11 Å². The standard InChI is InChI=1S/C10H19NO2/c1-8(12)6-11(2)7-9-4-3-5-10(9)13/h8-9,12H,3-7H2,1-2H3. The number of rotatable bonds is 4. The van der Waals surface area contributed by atoms with Crippen LogP contribution >= 0.6 is 0 Å². The Labute approximate surface area is 79.7 Å². The van der Waals surface area contributed by atoms with Crippen molar-refractivity contribution in [2.75, 3.05) is 20.1 Å². The molecule has 1 rings (SSSR count). The first kappa shape index (κ1) is 10.7. The smallest absolute Gasteiger partial charge is 0.137 e. The Hall–Kier alpha value is -0.410. The maximum Gasteiger partial charge on any atom is 0.137 e. The molecule has 0 aromatic heterocycles. The second kappa shape index (κ2) is 4.72. The fraction of sp³-hybridized carbons (Fsp3) is 0.900. The fourth-order valence-electron chi connectivity index (χ4n) is 1.98. The molecule has 2 unspecified atom stereocenters. The van der Waals surface area contributed by atoms with Crippen molar-refractivity contribution < 1.29 is 9.90 Å². The van der Waals surface area contributed by atoms with Crippen molar-refractivity contribution in [2.24, 2.45) is 5.92 Å². The van der Waals surface area contributed by atoms with Crippen LogP contribution in [0.15, 0.2) is 0 Å². The molecule has 0 bridgehead atoms. The molecule has 1 saturated carbocycles. The molecule has 0 aromatic rings. The summed E-state index contributed by atoms with van der Waals surface area (Å²) in [5, 5.41) is 9.14. The molecule has 76 valence electrons. The molecule has 3 heteroatoms. The number of aliphatic hydroxyl groups excluding tert-OH is 1. The van der Waals surface area contributed by atoms with Gasteiger partial charge in [-0.15, -0.1) is 0 Å². The first-order valence-electron chi connectivity index (χ1n) is 4.99. The van der Waals surface area contributed by atoms with Gasteiger partial charge < -0.3 is 10.0 Å². The van der Waals surface area contributed by atoms with Crippen LogP contribution in [0.5, 0.6) is 0 Å². The average Bonchev–Trinajstić information content (AvgIpc) is 2.34. The van der Waals surface area contributed by atoms with Crippen molar-refractivity contribution in [3.8, 4) is 0 Å². The zero-order valence-electron chi connectivity index (χ0n) is 8.49. The summed E-state index contributed by atoms with van der Waals surface area (Å²) >= 11 is 0. The van der Waals surface area contributed by atoms with E-state index in [1.54, 1.807) is 6.92 Å². The molecule has 0 aliphatic heterocycles. The molecular formula is C10H19NO2. The number of aliphatic hydroxyl groups is 1. The summed E-state index contributed by atoms with van der Waals surface area (Å²) < 4.78 is 0. The summed E-state index contributed by atoms with van der Waals surface area (Å²) in [6.45, 7) is 3.24. The van der Waals surface area contributed by atoms with Crippen LogP contribution in [0.2, 0.25) is 0 Å². The molecule has 1 aliphatic rings. The summed E-state index contributed by atoms with van der Waals surface area (Å²) in [5.74, 6) is 0.626. The molecule has 1 fully saturated rings. The van der Waals surface area contributed by atoms with Gasteiger partial charge in [-0.1, -0.05) is 0 Å². The second-order valence-corrected chi connectivity index (χ2v) is 4.13. The number of ketones is 1. The first-order chi connectivity index (χ1) is 6.09. The Kier molecular flexibility index (Phi) is 3.88. The average molecular weight is 185 g/mol. The number of hydrogen-bond donors (Lipinski definition) is 1. The van der Waals surface area contributed by atoms with E-state index >= 15 is 0 Å². The number of nitrogens with zero attached hydrogens (tertiary/aromatic N) is 1. The van der Waals surface area contributed by atoms with Gasteiger partial charge in [-0.25, -0.2) is 0 Å². The van der Waals surface area contributed by atoms with E-state index in [9.17, 15) is 4.79 Å². The van der Waals surface area contributed by atoms with Crippen LogP contribution in [-0.2, 0) is 4.79 Å². The molecule has 0 radical (unpaired) electrons. The zero-order valence-corrected chi connectivity index (χ0v) is 8.49. The number of carbonyl (C=O) groups is 1. The first-order valence-corrected chi connectivity index (χ1v) is 4.99. The van der Waals surface area contributed by atoms with Crippen LogP contribution in [-0.4, -0.2) is 42.0 Å². The predicted molar refractivity (Wildman–Crippen MR) is 51.5 cm³/mol. The highest BCUT2D eigenvalue weighted by Gasteiger charge is 2.25. The Morgan fingerprint density at radius 3 is 2.85 bits per heavy atom. The van der Waals surface area contributed by atoms with Crippen LogP contribution < -0.4 is 0 Å². The molecule has 0 saturated heterocycles. The predicted octanol–water partition coefficient (Wildman–Crippen LogP) is 0.668. The SMILES string of the molecule is CC(O)CN(C)CC1CCCC1=O. The highest BCUT2D eigenvalue weighted by molar-refractivity contribution is 5.83. The lowest BCUT2D eigenvalue weighted by molar-refractivity contribution is -0.121. The van der Waals surface area contributed by atoms with Gasteiger partial charge in [0, 0.05) is 25.4 Å². The van der Waals surface area contributed by atoms with E-state index in [1.807, 2.05) is 11.9 Å². The third kappa shape index (κ3) is 3.44. The van der Waals surface area contributed by atoms with Gasteiger partial charge in [0.2, 0.25) is 0 Å². The molecule has 1 aliphatic carbocycles. The van der Waals surface area contributed by atoms with E-state index in [-0.39, 0.29) is 12.0 Å². The van der Waals surface area contributed by atoms with Crippen molar-refractivity contribution >= 4 is 5.78 Å². The molecule has 0 spiro atoms. The van der Waals surface area contributed by atoms with Crippen LogP contribution in [0.1, 0.15) is 26.2 Å². The summed E-state index contributed by atoms with van der Waals surface area (Å²) in [4.78, 5) is 13.3. The van der Waals surface area contributed by atoms with E-state index in [1.165, 1.54) is 0 Å². The lowest BCUT2D eigenvalue weighted by atomic mass is 10.1. The van der Waals surface area contributed by atoms with Gasteiger partial charge >= 0.3 is 0 Å². The minimum atomic E-state index is -0.304. The van der Waals surface area contributed by atoms with Crippen molar-refractivity contribution in [2.45, 2.75) is 32.3 Å². The summed E-state index contributed by atoms with van der Waals surface area (Å²) in [5.41, 5.74) is 0. The minimum absolute atomic E-state index is 0.226. The van der Waals surface area contributed by atoms with Gasteiger partial charge in [0.15, 0.2) is 0 Å². The lowest BCUT2D eigenvalue weighted by Crippen LogP contribution is -2.33. The van der Waals surface area contributed by atoms with Crippen molar-refractivity contribution in [1.29, 1.82) is 0 Å². The Morgan fingerprint density at radius 2 is 2.38 bits per heavy atom. The maximum atomic E-state index is 11.3. The molecule has 0 aromatic carbocycles.